The fraction of sp³-hybridized carbons (Fsp3) is 0.353. The maximum atomic E-state index is 14.5. The molecule has 7 nitrogen and oxygen atoms in total. The third-order valence-corrected chi connectivity index (χ3v) is 10.0. The number of esters is 1. The molecular formula is C34H35F3N2O5S. The lowest BCUT2D eigenvalue weighted by molar-refractivity contribution is -0.145. The average molecular weight is 641 g/mol. The third-order valence-electron chi connectivity index (χ3n) is 8.13. The summed E-state index contributed by atoms with van der Waals surface area (Å²) in [5.41, 5.74) is -0.310. The van der Waals surface area contributed by atoms with Crippen molar-refractivity contribution >= 4 is 26.8 Å². The Balaban J connectivity index is 1.98. The highest BCUT2D eigenvalue weighted by molar-refractivity contribution is 7.89. The van der Waals surface area contributed by atoms with Crippen LogP contribution in [0.4, 0.5) is 13.2 Å². The summed E-state index contributed by atoms with van der Waals surface area (Å²) in [6.45, 7) is 5.27. The van der Waals surface area contributed by atoms with Gasteiger partial charge in [0.2, 0.25) is 0 Å². The van der Waals surface area contributed by atoms with E-state index in [2.05, 4.69) is 0 Å². The van der Waals surface area contributed by atoms with E-state index < -0.39 is 44.4 Å². The standard InChI is InChI=1S/C34H35F3N2O5S/c1-5-16-38-20-29(33(41)44-4)39-31(40)28(17-21(2)3)27(19-23-12-8-11-22-10-6-7-15-26(22)23)30(32(39)45(38,42)43)24-13-9-14-25(18-24)34(35,36)37/h6-15,18,21,29H,5,16-17,19-20H2,1-4H3. The minimum Gasteiger partial charge on any atom is -0.467 e. The molecule has 0 spiro atoms. The van der Waals surface area contributed by atoms with E-state index in [1.54, 1.807) is 6.92 Å². The fourth-order valence-corrected chi connectivity index (χ4v) is 8.14. The van der Waals surface area contributed by atoms with E-state index in [1.165, 1.54) is 12.1 Å². The van der Waals surface area contributed by atoms with Crippen molar-refractivity contribution in [3.05, 3.63) is 99.3 Å². The molecule has 1 unspecified atom stereocenters. The topological polar surface area (TPSA) is 85.7 Å². The minimum atomic E-state index is -4.71. The number of hydrogen-bond acceptors (Lipinski definition) is 5. The molecule has 238 valence electrons. The Morgan fingerprint density at radius 1 is 1.02 bits per heavy atom. The van der Waals surface area contributed by atoms with Crippen LogP contribution in [0.5, 0.6) is 0 Å². The first kappa shape index (κ1) is 32.4. The van der Waals surface area contributed by atoms with Crippen molar-refractivity contribution < 1.29 is 31.1 Å². The number of carbonyl (C=O) groups is 1. The molecule has 5 rings (SSSR count). The molecule has 0 radical (unpaired) electrons. The Labute approximate surface area is 260 Å². The molecule has 0 amide bonds. The van der Waals surface area contributed by atoms with Crippen molar-refractivity contribution in [1.29, 1.82) is 0 Å². The van der Waals surface area contributed by atoms with Gasteiger partial charge in [0.1, 0.15) is 6.04 Å². The van der Waals surface area contributed by atoms with Crippen LogP contribution in [0.15, 0.2) is 76.6 Å². The van der Waals surface area contributed by atoms with Gasteiger partial charge in [-0.15, -0.1) is 0 Å². The highest BCUT2D eigenvalue weighted by Gasteiger charge is 2.45. The number of rotatable bonds is 8. The lowest BCUT2D eigenvalue weighted by Gasteiger charge is -2.36. The Morgan fingerprint density at radius 2 is 1.71 bits per heavy atom. The van der Waals surface area contributed by atoms with Gasteiger partial charge in [0, 0.05) is 24.2 Å². The summed E-state index contributed by atoms with van der Waals surface area (Å²) in [5, 5.41) is 1.29. The molecule has 4 aromatic rings. The molecule has 1 aromatic heterocycles. The molecule has 1 atom stereocenters. The predicted octanol–water partition coefficient (Wildman–Crippen LogP) is 6.61. The summed E-state index contributed by atoms with van der Waals surface area (Å²) in [6, 6.07) is 16.4. The van der Waals surface area contributed by atoms with E-state index in [9.17, 15) is 31.2 Å². The van der Waals surface area contributed by atoms with E-state index in [4.69, 9.17) is 4.74 Å². The number of methoxy groups -OCH3 is 1. The second kappa shape index (κ2) is 12.4. The second-order valence-corrected chi connectivity index (χ2v) is 13.6. The molecule has 45 heavy (non-hydrogen) atoms. The normalized spacial score (nSPS) is 16.6. The van der Waals surface area contributed by atoms with Crippen LogP contribution in [0.1, 0.15) is 55.5 Å². The van der Waals surface area contributed by atoms with Gasteiger partial charge in [-0.05, 0) is 64.8 Å². The van der Waals surface area contributed by atoms with Crippen molar-refractivity contribution in [2.24, 2.45) is 5.92 Å². The number of pyridine rings is 1. The van der Waals surface area contributed by atoms with Gasteiger partial charge in [0.05, 0.1) is 12.7 Å². The monoisotopic (exact) mass is 640 g/mol. The van der Waals surface area contributed by atoms with Crippen LogP contribution in [0.3, 0.4) is 0 Å². The highest BCUT2D eigenvalue weighted by atomic mass is 32.2. The molecule has 0 saturated heterocycles. The van der Waals surface area contributed by atoms with E-state index in [-0.39, 0.29) is 48.5 Å². The summed E-state index contributed by atoms with van der Waals surface area (Å²) < 4.78 is 78.1. The van der Waals surface area contributed by atoms with Gasteiger partial charge in [0.15, 0.2) is 5.03 Å². The number of halogens is 3. The quantitative estimate of drug-likeness (QED) is 0.203. The van der Waals surface area contributed by atoms with Crippen LogP contribution in [-0.4, -0.2) is 43.5 Å². The van der Waals surface area contributed by atoms with Gasteiger partial charge in [0.25, 0.3) is 15.6 Å². The molecule has 2 heterocycles. The molecule has 0 aliphatic carbocycles. The number of ether oxygens (including phenoxy) is 1. The van der Waals surface area contributed by atoms with Gasteiger partial charge in [-0.25, -0.2) is 13.2 Å². The third kappa shape index (κ3) is 6.03. The number of sulfonamides is 1. The van der Waals surface area contributed by atoms with Crippen LogP contribution in [0.2, 0.25) is 0 Å². The lowest BCUT2D eigenvalue weighted by atomic mass is 9.87. The Kier molecular flexibility index (Phi) is 8.97. The Morgan fingerprint density at radius 3 is 2.38 bits per heavy atom. The molecule has 3 aromatic carbocycles. The first-order valence-electron chi connectivity index (χ1n) is 14.8. The zero-order valence-electron chi connectivity index (χ0n) is 25.5. The van der Waals surface area contributed by atoms with Crippen molar-refractivity contribution in [2.75, 3.05) is 20.2 Å². The number of alkyl halides is 3. The van der Waals surface area contributed by atoms with Crippen LogP contribution in [0.25, 0.3) is 21.9 Å². The van der Waals surface area contributed by atoms with Crippen LogP contribution >= 0.6 is 0 Å². The maximum Gasteiger partial charge on any atom is 0.416 e. The zero-order valence-corrected chi connectivity index (χ0v) is 26.3. The largest absolute Gasteiger partial charge is 0.467 e. The minimum absolute atomic E-state index is 0.0145. The number of nitrogens with zero attached hydrogens (tertiary/aromatic N) is 2. The number of hydrogen-bond donors (Lipinski definition) is 0. The molecule has 0 saturated carbocycles. The molecular weight excluding hydrogens is 605 g/mol. The van der Waals surface area contributed by atoms with E-state index in [0.29, 0.717) is 12.0 Å². The summed E-state index contributed by atoms with van der Waals surface area (Å²) in [4.78, 5) is 27.7. The average Bonchev–Trinajstić information content (AvgIpc) is 3.00. The first-order chi connectivity index (χ1) is 21.3. The van der Waals surface area contributed by atoms with Gasteiger partial charge >= 0.3 is 12.1 Å². The van der Waals surface area contributed by atoms with Gasteiger partial charge in [-0.2, -0.15) is 17.5 Å². The Bertz CT molecular complexity index is 1930. The smallest absolute Gasteiger partial charge is 0.416 e. The summed E-state index contributed by atoms with van der Waals surface area (Å²) >= 11 is 0. The SMILES string of the molecule is CCCN1CC(C(=O)OC)n2c(c(-c3cccc(C(F)(F)F)c3)c(Cc3cccc4ccccc34)c(CC(C)C)c2=O)S1(=O)=O. The van der Waals surface area contributed by atoms with Gasteiger partial charge in [-0.3, -0.25) is 9.36 Å². The summed E-state index contributed by atoms with van der Waals surface area (Å²) in [7, 11) is -3.31. The lowest BCUT2D eigenvalue weighted by Crippen LogP contribution is -2.51. The van der Waals surface area contributed by atoms with E-state index in [0.717, 1.165) is 44.5 Å². The molecule has 11 heteroatoms. The number of carbonyl (C=O) groups excluding carboxylic acids is 1. The van der Waals surface area contributed by atoms with Crippen LogP contribution in [-0.2, 0) is 38.6 Å². The highest BCUT2D eigenvalue weighted by Crippen LogP contribution is 2.41. The van der Waals surface area contributed by atoms with Crippen molar-refractivity contribution in [3.63, 3.8) is 0 Å². The Hall–Kier alpha value is -3.96. The molecule has 0 N–H and O–H groups in total. The summed E-state index contributed by atoms with van der Waals surface area (Å²) in [6.07, 6.45) is -4.02. The summed E-state index contributed by atoms with van der Waals surface area (Å²) in [5.74, 6) is -0.896. The number of benzene rings is 3. The fourth-order valence-electron chi connectivity index (χ4n) is 6.17. The predicted molar refractivity (Wildman–Crippen MR) is 167 cm³/mol. The van der Waals surface area contributed by atoms with Crippen molar-refractivity contribution in [2.45, 2.75) is 57.3 Å². The van der Waals surface area contributed by atoms with Gasteiger partial charge < -0.3 is 4.74 Å². The second-order valence-electron chi connectivity index (χ2n) is 11.7. The van der Waals surface area contributed by atoms with Crippen LogP contribution < -0.4 is 5.56 Å². The number of aromatic nitrogens is 1. The van der Waals surface area contributed by atoms with E-state index >= 15 is 0 Å². The first-order valence-corrected chi connectivity index (χ1v) is 16.3. The van der Waals surface area contributed by atoms with Gasteiger partial charge in [-0.1, -0.05) is 75.4 Å². The maximum absolute atomic E-state index is 14.5. The molecule has 1 aliphatic rings. The molecule has 0 fully saturated rings. The molecule has 0 bridgehead atoms. The molecule has 1 aliphatic heterocycles. The number of fused-ring (bicyclic) bond motifs is 2. The van der Waals surface area contributed by atoms with Crippen LogP contribution in [0, 0.1) is 5.92 Å². The van der Waals surface area contributed by atoms with Crippen molar-refractivity contribution in [3.8, 4) is 11.1 Å². The zero-order chi connectivity index (χ0) is 32.7. The van der Waals surface area contributed by atoms with E-state index in [1.807, 2.05) is 56.3 Å². The van der Waals surface area contributed by atoms with Crippen molar-refractivity contribution in [1.82, 2.24) is 8.87 Å².